The van der Waals surface area contributed by atoms with E-state index in [-0.39, 0.29) is 4.90 Å². The molecule has 80 valence electrons. The molecule has 5 nitrogen and oxygen atoms in total. The van der Waals surface area contributed by atoms with Crippen molar-refractivity contribution in [3.8, 4) is 0 Å². The third kappa shape index (κ3) is 2.02. The van der Waals surface area contributed by atoms with E-state index in [2.05, 4.69) is 14.9 Å². The molecule has 0 unspecified atom stereocenters. The van der Waals surface area contributed by atoms with E-state index in [1.54, 1.807) is 23.8 Å². The second-order valence-electron chi connectivity index (χ2n) is 2.98. The number of aromatic nitrogens is 2. The van der Waals surface area contributed by atoms with Crippen molar-refractivity contribution in [1.29, 1.82) is 0 Å². The van der Waals surface area contributed by atoms with Crippen molar-refractivity contribution in [3.63, 3.8) is 0 Å². The summed E-state index contributed by atoms with van der Waals surface area (Å²) in [5.41, 5.74) is 1.10. The van der Waals surface area contributed by atoms with Crippen LogP contribution in [0.5, 0.6) is 0 Å². The van der Waals surface area contributed by atoms with Gasteiger partial charge in [-0.2, -0.15) is 16.4 Å². The van der Waals surface area contributed by atoms with Crippen molar-refractivity contribution in [2.45, 2.75) is 11.8 Å². The second-order valence-corrected chi connectivity index (χ2v) is 5.41. The molecule has 0 aliphatic rings. The molecule has 0 spiro atoms. The first kappa shape index (κ1) is 10.2. The topological polar surface area (TPSA) is 74.8 Å². The molecule has 0 aliphatic heterocycles. The first-order valence-electron chi connectivity index (χ1n) is 4.14. The van der Waals surface area contributed by atoms with Gasteiger partial charge in [-0.15, -0.1) is 0 Å². The van der Waals surface area contributed by atoms with Gasteiger partial charge in [0.2, 0.25) is 0 Å². The van der Waals surface area contributed by atoms with Gasteiger partial charge in [-0.1, -0.05) is 0 Å². The minimum atomic E-state index is -3.51. The zero-order valence-corrected chi connectivity index (χ0v) is 9.52. The average Bonchev–Trinajstić information content (AvgIpc) is 2.75. The van der Waals surface area contributed by atoms with Crippen molar-refractivity contribution in [1.82, 2.24) is 10.2 Å². The highest BCUT2D eigenvalue weighted by Gasteiger charge is 2.18. The number of thiophene rings is 1. The molecular formula is C8H9N3O2S2. The van der Waals surface area contributed by atoms with E-state index >= 15 is 0 Å². The van der Waals surface area contributed by atoms with Crippen molar-refractivity contribution in [3.05, 3.63) is 28.7 Å². The number of anilines is 1. The molecule has 0 aromatic carbocycles. The minimum Gasteiger partial charge on any atom is -0.281 e. The van der Waals surface area contributed by atoms with Crippen LogP contribution in [0.25, 0.3) is 0 Å². The normalized spacial score (nSPS) is 11.5. The lowest BCUT2D eigenvalue weighted by Gasteiger charge is -2.03. The van der Waals surface area contributed by atoms with E-state index in [0.29, 0.717) is 11.4 Å². The Hall–Kier alpha value is -1.34. The fourth-order valence-electron chi connectivity index (χ4n) is 1.14. The SMILES string of the molecule is Cc1[nH]ncc1S(=O)(=O)Nc1ccsc1. The van der Waals surface area contributed by atoms with Gasteiger partial charge >= 0.3 is 0 Å². The average molecular weight is 243 g/mol. The molecule has 2 heterocycles. The molecule has 2 aromatic heterocycles. The molecule has 2 rings (SSSR count). The van der Waals surface area contributed by atoms with Crippen LogP contribution in [0, 0.1) is 6.92 Å². The summed E-state index contributed by atoms with van der Waals surface area (Å²) in [6, 6.07) is 1.71. The summed E-state index contributed by atoms with van der Waals surface area (Å²) in [4.78, 5) is 0.175. The van der Waals surface area contributed by atoms with Gasteiger partial charge in [0, 0.05) is 5.38 Å². The fourth-order valence-corrected chi connectivity index (χ4v) is 2.99. The van der Waals surface area contributed by atoms with E-state index < -0.39 is 10.0 Å². The predicted octanol–water partition coefficient (Wildman–Crippen LogP) is 1.58. The third-order valence-electron chi connectivity index (χ3n) is 1.85. The Morgan fingerprint density at radius 3 is 2.87 bits per heavy atom. The molecule has 15 heavy (non-hydrogen) atoms. The summed E-state index contributed by atoms with van der Waals surface area (Å²) < 4.78 is 26.1. The number of hydrogen-bond donors (Lipinski definition) is 2. The third-order valence-corrected chi connectivity index (χ3v) is 4.02. The molecule has 0 saturated heterocycles. The van der Waals surface area contributed by atoms with Crippen LogP contribution in [-0.2, 0) is 10.0 Å². The van der Waals surface area contributed by atoms with Gasteiger partial charge in [0.15, 0.2) is 0 Å². The van der Waals surface area contributed by atoms with E-state index in [1.807, 2.05) is 0 Å². The van der Waals surface area contributed by atoms with Gasteiger partial charge in [0.25, 0.3) is 10.0 Å². The van der Waals surface area contributed by atoms with Crippen LogP contribution in [0.2, 0.25) is 0 Å². The number of H-pyrrole nitrogens is 1. The van der Waals surface area contributed by atoms with Gasteiger partial charge in [-0.25, -0.2) is 8.42 Å². The molecule has 0 radical (unpaired) electrons. The molecule has 0 bridgehead atoms. The highest BCUT2D eigenvalue weighted by molar-refractivity contribution is 7.92. The Labute approximate surface area is 91.2 Å². The van der Waals surface area contributed by atoms with Crippen LogP contribution in [0.15, 0.2) is 27.9 Å². The molecule has 0 aliphatic carbocycles. The van der Waals surface area contributed by atoms with Crippen LogP contribution in [0.4, 0.5) is 5.69 Å². The first-order chi connectivity index (χ1) is 7.09. The van der Waals surface area contributed by atoms with Crippen LogP contribution in [0.3, 0.4) is 0 Å². The zero-order valence-electron chi connectivity index (χ0n) is 7.89. The number of sulfonamides is 1. The van der Waals surface area contributed by atoms with Gasteiger partial charge < -0.3 is 0 Å². The lowest BCUT2D eigenvalue weighted by atomic mass is 10.5. The number of aryl methyl sites for hydroxylation is 1. The molecule has 0 fully saturated rings. The summed E-state index contributed by atoms with van der Waals surface area (Å²) in [5.74, 6) is 0. The maximum atomic E-state index is 11.8. The summed E-state index contributed by atoms with van der Waals surface area (Å²) in [7, 11) is -3.51. The van der Waals surface area contributed by atoms with Crippen molar-refractivity contribution in [2.24, 2.45) is 0 Å². The number of aromatic amines is 1. The molecule has 2 N–H and O–H groups in total. The Morgan fingerprint density at radius 1 is 1.53 bits per heavy atom. The largest absolute Gasteiger partial charge is 0.281 e. The fraction of sp³-hybridized carbons (Fsp3) is 0.125. The van der Waals surface area contributed by atoms with Gasteiger partial charge in [0.05, 0.1) is 17.6 Å². The Morgan fingerprint density at radius 2 is 2.33 bits per heavy atom. The molecule has 0 atom stereocenters. The molecule has 0 amide bonds. The smallest absolute Gasteiger partial charge is 0.265 e. The minimum absolute atomic E-state index is 0.175. The summed E-state index contributed by atoms with van der Waals surface area (Å²) >= 11 is 1.43. The number of nitrogens with one attached hydrogen (secondary N) is 2. The monoisotopic (exact) mass is 243 g/mol. The summed E-state index contributed by atoms with van der Waals surface area (Å²) in [6.45, 7) is 1.66. The lowest BCUT2D eigenvalue weighted by molar-refractivity contribution is 0.600. The molecule has 2 aromatic rings. The maximum Gasteiger partial charge on any atom is 0.265 e. The van der Waals surface area contributed by atoms with Crippen LogP contribution >= 0.6 is 11.3 Å². The Balaban J connectivity index is 2.33. The van der Waals surface area contributed by atoms with E-state index in [9.17, 15) is 8.42 Å². The lowest BCUT2D eigenvalue weighted by Crippen LogP contribution is -2.12. The van der Waals surface area contributed by atoms with Crippen molar-refractivity contribution < 1.29 is 8.42 Å². The first-order valence-corrected chi connectivity index (χ1v) is 6.57. The van der Waals surface area contributed by atoms with Crippen molar-refractivity contribution in [2.75, 3.05) is 4.72 Å². The second kappa shape index (κ2) is 3.67. The Bertz CT molecular complexity index is 542. The summed E-state index contributed by atoms with van der Waals surface area (Å²) in [5, 5.41) is 9.80. The molecule has 7 heteroatoms. The summed E-state index contributed by atoms with van der Waals surface area (Å²) in [6.07, 6.45) is 1.30. The number of rotatable bonds is 3. The van der Waals surface area contributed by atoms with Gasteiger partial charge in [-0.3, -0.25) is 9.82 Å². The number of hydrogen-bond acceptors (Lipinski definition) is 4. The van der Waals surface area contributed by atoms with Crippen LogP contribution in [0.1, 0.15) is 5.69 Å². The zero-order chi connectivity index (χ0) is 10.9. The van der Waals surface area contributed by atoms with Crippen LogP contribution in [-0.4, -0.2) is 18.6 Å². The molecule has 0 saturated carbocycles. The maximum absolute atomic E-state index is 11.8. The van der Waals surface area contributed by atoms with Crippen LogP contribution < -0.4 is 4.72 Å². The highest BCUT2D eigenvalue weighted by Crippen LogP contribution is 2.19. The predicted molar refractivity (Wildman–Crippen MR) is 58.5 cm³/mol. The standard InChI is InChI=1S/C8H9N3O2S2/c1-6-8(4-9-10-6)15(12,13)11-7-2-3-14-5-7/h2-5,11H,1H3,(H,9,10). The number of nitrogens with zero attached hydrogens (tertiary/aromatic N) is 1. The Kier molecular flexibility index (Phi) is 2.49. The molecular weight excluding hydrogens is 234 g/mol. The quantitative estimate of drug-likeness (QED) is 0.859. The van der Waals surface area contributed by atoms with E-state index in [0.717, 1.165) is 0 Å². The van der Waals surface area contributed by atoms with Gasteiger partial charge in [-0.05, 0) is 18.4 Å². The van der Waals surface area contributed by atoms with Crippen molar-refractivity contribution >= 4 is 27.0 Å². The van der Waals surface area contributed by atoms with E-state index in [1.165, 1.54) is 17.5 Å². The highest BCUT2D eigenvalue weighted by atomic mass is 32.2. The van der Waals surface area contributed by atoms with E-state index in [4.69, 9.17) is 0 Å². The van der Waals surface area contributed by atoms with Gasteiger partial charge in [0.1, 0.15) is 4.90 Å².